The lowest BCUT2D eigenvalue weighted by Gasteiger charge is -2.35. The number of carbonyl (C=O) groups is 4. The van der Waals surface area contributed by atoms with Crippen molar-refractivity contribution in [3.8, 4) is 23.1 Å². The number of hydrogen-bond donors (Lipinski definition) is 2. The fraction of sp³-hybridized carbons (Fsp3) is 0.460. The van der Waals surface area contributed by atoms with Crippen LogP contribution in [0.5, 0.6) is 5.75 Å². The summed E-state index contributed by atoms with van der Waals surface area (Å²) in [5, 5.41) is 15.6. The Labute approximate surface area is 392 Å². The number of amides is 4. The SMILES string of the molecule is Cc1cc(N2C(=O)C(C)(C)N(c3ccc(OCCCCOCCCOCC(=O)N[C@H](C(=O)N4C[C@H](C)C[C@H]4C(=O)NCc4ccc(-c5cnco5)cc4)C(C)(C)C)cc3)C2=S)ccc1C#N. The van der Waals surface area contributed by atoms with Gasteiger partial charge in [-0.25, -0.2) is 4.98 Å². The van der Waals surface area contributed by atoms with Crippen molar-refractivity contribution in [3.63, 3.8) is 0 Å². The summed E-state index contributed by atoms with van der Waals surface area (Å²) in [6, 6.07) is 21.0. The van der Waals surface area contributed by atoms with Gasteiger partial charge in [0.1, 0.15) is 30.0 Å². The van der Waals surface area contributed by atoms with E-state index in [9.17, 15) is 24.4 Å². The van der Waals surface area contributed by atoms with E-state index in [0.717, 1.165) is 35.2 Å². The third-order valence-electron chi connectivity index (χ3n) is 11.8. The third kappa shape index (κ3) is 12.0. The van der Waals surface area contributed by atoms with Gasteiger partial charge in [0.15, 0.2) is 17.3 Å². The molecule has 15 nitrogen and oxygen atoms in total. The quantitative estimate of drug-likeness (QED) is 0.0680. The molecule has 0 radical (unpaired) electrons. The highest BCUT2D eigenvalue weighted by Crippen LogP contribution is 2.37. The largest absolute Gasteiger partial charge is 0.494 e. The maximum absolute atomic E-state index is 14.0. The van der Waals surface area contributed by atoms with E-state index in [4.69, 9.17) is 30.8 Å². The van der Waals surface area contributed by atoms with Crippen molar-refractivity contribution < 1.29 is 37.8 Å². The van der Waals surface area contributed by atoms with Crippen LogP contribution in [0.2, 0.25) is 0 Å². The lowest BCUT2D eigenvalue weighted by molar-refractivity contribution is -0.144. The Balaban J connectivity index is 0.854. The number of carbonyl (C=O) groups excluding carboxylic acids is 4. The van der Waals surface area contributed by atoms with Crippen LogP contribution in [-0.2, 0) is 35.2 Å². The molecule has 0 aliphatic carbocycles. The zero-order valence-corrected chi connectivity index (χ0v) is 39.7. The molecule has 3 heterocycles. The monoisotopic (exact) mass is 919 g/mol. The van der Waals surface area contributed by atoms with Crippen LogP contribution in [0.1, 0.15) is 83.9 Å². The topological polar surface area (TPSA) is 180 Å². The number of thiocarbonyl (C=S) groups is 1. The van der Waals surface area contributed by atoms with E-state index >= 15 is 0 Å². The van der Waals surface area contributed by atoms with Crippen LogP contribution in [-0.4, -0.2) is 95.8 Å². The van der Waals surface area contributed by atoms with Crippen molar-refractivity contribution in [1.82, 2.24) is 20.5 Å². The number of benzene rings is 3. The third-order valence-corrected chi connectivity index (χ3v) is 12.1. The molecular weight excluding hydrogens is 859 g/mol. The molecule has 1 aromatic heterocycles. The Morgan fingerprint density at radius 1 is 0.970 bits per heavy atom. The van der Waals surface area contributed by atoms with Crippen LogP contribution in [0.3, 0.4) is 0 Å². The zero-order valence-electron chi connectivity index (χ0n) is 38.9. The maximum atomic E-state index is 14.0. The minimum atomic E-state index is -0.920. The van der Waals surface area contributed by atoms with Crippen molar-refractivity contribution in [2.45, 2.75) is 98.3 Å². The molecule has 2 aliphatic heterocycles. The Hall–Kier alpha value is -6.15. The van der Waals surface area contributed by atoms with E-state index in [1.807, 2.05) is 102 Å². The maximum Gasteiger partial charge on any atom is 0.259 e. The van der Waals surface area contributed by atoms with Crippen molar-refractivity contribution in [2.75, 3.05) is 49.4 Å². The minimum Gasteiger partial charge on any atom is -0.494 e. The molecule has 350 valence electrons. The Kier molecular flexibility index (Phi) is 16.3. The highest BCUT2D eigenvalue weighted by Gasteiger charge is 2.50. The Morgan fingerprint density at radius 3 is 2.32 bits per heavy atom. The number of aryl methyl sites for hydroxylation is 1. The van der Waals surface area contributed by atoms with E-state index < -0.39 is 28.9 Å². The molecule has 2 fully saturated rings. The summed E-state index contributed by atoms with van der Waals surface area (Å²) < 4.78 is 22.7. The zero-order chi connectivity index (χ0) is 47.6. The summed E-state index contributed by atoms with van der Waals surface area (Å²) in [5.74, 6) is 0.405. The number of likely N-dealkylation sites (tertiary alicyclic amines) is 1. The van der Waals surface area contributed by atoms with Gasteiger partial charge in [0.05, 0.1) is 30.1 Å². The number of anilines is 2. The average Bonchev–Trinajstić information content (AvgIpc) is 4.01. The minimum absolute atomic E-state index is 0.121. The summed E-state index contributed by atoms with van der Waals surface area (Å²) in [6.07, 6.45) is 5.73. The summed E-state index contributed by atoms with van der Waals surface area (Å²) in [7, 11) is 0. The molecule has 2 N–H and O–H groups in total. The van der Waals surface area contributed by atoms with E-state index in [2.05, 4.69) is 21.7 Å². The van der Waals surface area contributed by atoms with Crippen LogP contribution >= 0.6 is 12.2 Å². The first kappa shape index (κ1) is 49.3. The molecule has 2 saturated heterocycles. The molecule has 0 spiro atoms. The molecule has 0 bridgehead atoms. The van der Waals surface area contributed by atoms with E-state index in [1.54, 1.807) is 29.3 Å². The number of hydrogen-bond acceptors (Lipinski definition) is 11. The van der Waals surface area contributed by atoms with Crippen molar-refractivity contribution in [3.05, 3.63) is 96.0 Å². The van der Waals surface area contributed by atoms with Gasteiger partial charge in [0.25, 0.3) is 5.91 Å². The van der Waals surface area contributed by atoms with Gasteiger partial charge in [0.2, 0.25) is 17.7 Å². The fourth-order valence-electron chi connectivity index (χ4n) is 8.09. The lowest BCUT2D eigenvalue weighted by Crippen LogP contribution is -2.58. The van der Waals surface area contributed by atoms with Crippen molar-refractivity contribution in [2.24, 2.45) is 11.3 Å². The molecule has 4 amide bonds. The number of nitrogens with one attached hydrogen (secondary N) is 2. The highest BCUT2D eigenvalue weighted by atomic mass is 32.1. The van der Waals surface area contributed by atoms with Gasteiger partial charge in [-0.05, 0) is 124 Å². The summed E-state index contributed by atoms with van der Waals surface area (Å²) in [5.41, 5.74) is 2.97. The highest BCUT2D eigenvalue weighted by molar-refractivity contribution is 7.81. The van der Waals surface area contributed by atoms with Crippen molar-refractivity contribution in [1.29, 1.82) is 5.26 Å². The standard InChI is InChI=1S/C50H61N7O8S/c1-33-25-41(45(59)53-28-35-11-13-36(14-12-35)42-29-52-32-65-42)55(30-33)46(60)44(49(3,4)5)54-43(58)31-63-23-10-22-62-21-8-9-24-64-40-19-17-38(18-20-40)57-48(66)56(47(61)50(57,6)7)39-16-15-37(27-51)34(2)26-39/h11-20,26,29,32-33,41,44H,8-10,21-25,28,30-31H2,1-7H3,(H,53,59)(H,54,58)/t33-,41+,44-/m1/s1. The second kappa shape index (κ2) is 21.9. The van der Waals surface area contributed by atoms with Crippen LogP contribution in [0, 0.1) is 29.6 Å². The van der Waals surface area contributed by atoms with Gasteiger partial charge in [-0.3, -0.25) is 24.1 Å². The molecule has 16 heteroatoms. The smallest absolute Gasteiger partial charge is 0.259 e. The van der Waals surface area contributed by atoms with Crippen LogP contribution in [0.15, 0.2) is 83.7 Å². The number of nitrogens with zero attached hydrogens (tertiary/aromatic N) is 5. The molecule has 3 aromatic carbocycles. The molecule has 3 atom stereocenters. The van der Waals surface area contributed by atoms with E-state index in [1.165, 1.54) is 11.3 Å². The molecule has 6 rings (SSSR count). The number of nitriles is 1. The summed E-state index contributed by atoms with van der Waals surface area (Å²) >= 11 is 5.81. The van der Waals surface area contributed by atoms with E-state index in [-0.39, 0.29) is 30.2 Å². The number of unbranched alkanes of at least 4 members (excludes halogenated alkanes) is 1. The Bertz CT molecular complexity index is 2370. The number of ether oxygens (including phenoxy) is 3. The predicted octanol–water partition coefficient (Wildman–Crippen LogP) is 7.11. The molecule has 66 heavy (non-hydrogen) atoms. The molecule has 0 saturated carbocycles. The van der Waals surface area contributed by atoms with Gasteiger partial charge in [0, 0.05) is 44.2 Å². The van der Waals surface area contributed by atoms with Crippen molar-refractivity contribution >= 4 is 52.3 Å². The molecule has 0 unspecified atom stereocenters. The molecule has 4 aromatic rings. The van der Waals surface area contributed by atoms with Crippen LogP contribution in [0.4, 0.5) is 11.4 Å². The first-order valence-electron chi connectivity index (χ1n) is 22.4. The average molecular weight is 920 g/mol. The van der Waals surface area contributed by atoms with Crippen LogP contribution in [0.25, 0.3) is 11.3 Å². The number of rotatable bonds is 20. The number of aromatic nitrogens is 1. The van der Waals surface area contributed by atoms with Gasteiger partial charge < -0.3 is 39.1 Å². The second-order valence-electron chi connectivity index (χ2n) is 18.5. The predicted molar refractivity (Wildman–Crippen MR) is 254 cm³/mol. The number of oxazole rings is 1. The molecular formula is C50H61N7O8S. The summed E-state index contributed by atoms with van der Waals surface area (Å²) in [6.45, 7) is 15.6. The van der Waals surface area contributed by atoms with Gasteiger partial charge in [-0.1, -0.05) is 52.0 Å². The summed E-state index contributed by atoms with van der Waals surface area (Å²) in [4.78, 5) is 63.0. The lowest BCUT2D eigenvalue weighted by atomic mass is 9.85. The molecule has 2 aliphatic rings. The second-order valence-corrected chi connectivity index (χ2v) is 18.9. The Morgan fingerprint density at radius 2 is 1.65 bits per heavy atom. The van der Waals surface area contributed by atoms with Crippen LogP contribution < -0.4 is 25.2 Å². The first-order chi connectivity index (χ1) is 31.5. The van der Waals surface area contributed by atoms with Gasteiger partial charge in [-0.2, -0.15) is 5.26 Å². The van der Waals surface area contributed by atoms with Gasteiger partial charge in [-0.15, -0.1) is 0 Å². The van der Waals surface area contributed by atoms with E-state index in [0.29, 0.717) is 80.2 Å². The normalized spacial score (nSPS) is 17.5. The van der Waals surface area contributed by atoms with Gasteiger partial charge >= 0.3 is 0 Å². The fourth-order valence-corrected chi connectivity index (χ4v) is 8.62. The first-order valence-corrected chi connectivity index (χ1v) is 22.8.